The van der Waals surface area contributed by atoms with Gasteiger partial charge in [0, 0.05) is 18.0 Å². The molecule has 6 nitrogen and oxygen atoms in total. The quantitative estimate of drug-likeness (QED) is 0.320. The molecule has 1 rings (SSSR count). The van der Waals surface area contributed by atoms with Crippen molar-refractivity contribution in [1.82, 2.24) is 9.97 Å². The maximum Gasteiger partial charge on any atom is 0.248 e. The summed E-state index contributed by atoms with van der Waals surface area (Å²) < 4.78 is 29.2. The third-order valence-corrected chi connectivity index (χ3v) is 10.1. The van der Waals surface area contributed by atoms with Gasteiger partial charge in [0.25, 0.3) is 0 Å². The molecule has 0 aromatic carbocycles. The number of hydrogen-bond acceptors (Lipinski definition) is 6. The van der Waals surface area contributed by atoms with Crippen LogP contribution in [0.1, 0.15) is 33.3 Å². The van der Waals surface area contributed by atoms with Crippen LogP contribution in [0.3, 0.4) is 0 Å². The Morgan fingerprint density at radius 2 is 1.83 bits per heavy atom. The van der Waals surface area contributed by atoms with Crippen molar-refractivity contribution in [3.8, 4) is 0 Å². The van der Waals surface area contributed by atoms with E-state index in [1.165, 1.54) is 6.20 Å². The Morgan fingerprint density at radius 1 is 1.29 bits per heavy atom. The number of carbonyl (C=O) groups excluding carboxylic acids is 1. The average molecular weight is 393 g/mol. The molecule has 1 atom stereocenters. The third kappa shape index (κ3) is 4.62. The lowest BCUT2D eigenvalue weighted by molar-refractivity contribution is -0.113. The molecule has 1 unspecified atom stereocenters. The first-order chi connectivity index (χ1) is 10.6. The van der Waals surface area contributed by atoms with Crippen LogP contribution in [-0.4, -0.2) is 45.9 Å². The number of aromatic nitrogens is 2. The molecule has 1 aromatic rings. The minimum Gasteiger partial charge on any atom is -0.415 e. The summed E-state index contributed by atoms with van der Waals surface area (Å²) in [5.41, 5.74) is -0.701. The normalized spacial score (nSPS) is 15.8. The SMILES string of the molecule is CC(C=O)(CO[Si](C)(C)C(C)(C)C)c1cnc(S(C)(=O)=O)nc1Cl. The second-order valence-electron chi connectivity index (χ2n) is 7.71. The Labute approximate surface area is 150 Å². The number of halogens is 1. The van der Waals surface area contributed by atoms with Gasteiger partial charge >= 0.3 is 0 Å². The van der Waals surface area contributed by atoms with Gasteiger partial charge in [-0.2, -0.15) is 0 Å². The van der Waals surface area contributed by atoms with Crippen molar-refractivity contribution in [3.05, 3.63) is 16.9 Å². The highest BCUT2D eigenvalue weighted by molar-refractivity contribution is 7.90. The van der Waals surface area contributed by atoms with Crippen LogP contribution in [0.25, 0.3) is 0 Å². The number of hydrogen-bond donors (Lipinski definition) is 0. The predicted octanol–water partition coefficient (Wildman–Crippen LogP) is 3.01. The fraction of sp³-hybridized carbons (Fsp3) is 0.667. The zero-order valence-electron chi connectivity index (χ0n) is 15.2. The van der Waals surface area contributed by atoms with Crippen LogP contribution in [-0.2, 0) is 24.5 Å². The molecule has 1 heterocycles. The molecular weight excluding hydrogens is 368 g/mol. The van der Waals surface area contributed by atoms with Gasteiger partial charge in [-0.25, -0.2) is 18.4 Å². The van der Waals surface area contributed by atoms with Crippen LogP contribution in [0, 0.1) is 0 Å². The van der Waals surface area contributed by atoms with E-state index >= 15 is 0 Å². The summed E-state index contributed by atoms with van der Waals surface area (Å²) in [6, 6.07) is 0. The summed E-state index contributed by atoms with van der Waals surface area (Å²) in [4.78, 5) is 19.4. The largest absolute Gasteiger partial charge is 0.415 e. The molecule has 24 heavy (non-hydrogen) atoms. The van der Waals surface area contributed by atoms with Crippen molar-refractivity contribution in [3.63, 3.8) is 0 Å². The van der Waals surface area contributed by atoms with Crippen molar-refractivity contribution in [2.75, 3.05) is 12.9 Å². The lowest BCUT2D eigenvalue weighted by Crippen LogP contribution is -2.45. The van der Waals surface area contributed by atoms with E-state index in [9.17, 15) is 13.2 Å². The van der Waals surface area contributed by atoms with Crippen LogP contribution < -0.4 is 0 Å². The van der Waals surface area contributed by atoms with Crippen molar-refractivity contribution in [1.29, 1.82) is 0 Å². The summed E-state index contributed by atoms with van der Waals surface area (Å²) in [5.74, 6) is 0. The van der Waals surface area contributed by atoms with E-state index < -0.39 is 23.6 Å². The first-order valence-electron chi connectivity index (χ1n) is 7.47. The highest BCUT2D eigenvalue weighted by Crippen LogP contribution is 2.38. The van der Waals surface area contributed by atoms with Gasteiger partial charge < -0.3 is 9.22 Å². The van der Waals surface area contributed by atoms with Crippen LogP contribution in [0.5, 0.6) is 0 Å². The molecule has 0 aliphatic carbocycles. The van der Waals surface area contributed by atoms with Gasteiger partial charge in [0.15, 0.2) is 8.32 Å². The lowest BCUT2D eigenvalue weighted by atomic mass is 9.87. The van der Waals surface area contributed by atoms with Gasteiger partial charge in [0.1, 0.15) is 11.4 Å². The number of carbonyl (C=O) groups is 1. The summed E-state index contributed by atoms with van der Waals surface area (Å²) >= 11 is 6.12. The summed E-state index contributed by atoms with van der Waals surface area (Å²) in [6.45, 7) is 12.3. The van der Waals surface area contributed by atoms with E-state index in [2.05, 4.69) is 43.8 Å². The van der Waals surface area contributed by atoms with Gasteiger partial charge in [-0.05, 0) is 25.1 Å². The molecular formula is C15H25ClN2O4SSi. The molecule has 0 saturated heterocycles. The minimum absolute atomic E-state index is 0.00274. The molecule has 9 heteroatoms. The molecule has 0 saturated carbocycles. The first kappa shape index (κ1) is 21.2. The van der Waals surface area contributed by atoms with Crippen LogP contribution >= 0.6 is 11.6 Å². The first-order valence-corrected chi connectivity index (χ1v) is 12.7. The van der Waals surface area contributed by atoms with Crippen molar-refractivity contribution in [2.45, 2.75) is 56.4 Å². The molecule has 0 amide bonds. The molecule has 136 valence electrons. The number of aldehydes is 1. The van der Waals surface area contributed by atoms with Gasteiger partial charge in [-0.3, -0.25) is 0 Å². The van der Waals surface area contributed by atoms with Gasteiger partial charge in [-0.1, -0.05) is 32.4 Å². The smallest absolute Gasteiger partial charge is 0.248 e. The lowest BCUT2D eigenvalue weighted by Gasteiger charge is -2.38. The van der Waals surface area contributed by atoms with Gasteiger partial charge in [0.05, 0.1) is 12.0 Å². The van der Waals surface area contributed by atoms with Crippen LogP contribution in [0.2, 0.25) is 23.3 Å². The molecule has 0 spiro atoms. The fourth-order valence-corrected chi connectivity index (χ4v) is 3.62. The van der Waals surface area contributed by atoms with Crippen LogP contribution in [0.15, 0.2) is 11.4 Å². The zero-order chi connectivity index (χ0) is 19.0. The number of sulfone groups is 1. The Bertz CT molecular complexity index is 731. The van der Waals surface area contributed by atoms with E-state index in [0.717, 1.165) is 12.5 Å². The number of nitrogens with zero attached hydrogens (tertiary/aromatic N) is 2. The molecule has 0 bridgehead atoms. The van der Waals surface area contributed by atoms with Crippen LogP contribution in [0.4, 0.5) is 0 Å². The summed E-state index contributed by atoms with van der Waals surface area (Å²) in [6.07, 6.45) is 3.03. The summed E-state index contributed by atoms with van der Waals surface area (Å²) in [5, 5.41) is -0.425. The Kier molecular flexibility index (Phi) is 6.03. The molecule has 0 N–H and O–H groups in total. The summed E-state index contributed by atoms with van der Waals surface area (Å²) in [7, 11) is -5.63. The monoisotopic (exact) mass is 392 g/mol. The van der Waals surface area contributed by atoms with Gasteiger partial charge in [-0.15, -0.1) is 0 Å². The Hall–Kier alpha value is -0.833. The maximum absolute atomic E-state index is 11.7. The maximum atomic E-state index is 11.7. The number of rotatable bonds is 6. The standard InChI is InChI=1S/C15H25ClN2O4SSi/c1-14(2,3)24(6,7)22-10-15(4,9-19)11-8-17-13(18-12(11)16)23(5,20)21/h8-9H,10H2,1-7H3. The highest BCUT2D eigenvalue weighted by atomic mass is 35.5. The topological polar surface area (TPSA) is 86.2 Å². The molecule has 1 aromatic heterocycles. The second-order valence-corrected chi connectivity index (χ2v) is 14.8. The van der Waals surface area contributed by atoms with E-state index in [1.54, 1.807) is 6.92 Å². The fourth-order valence-electron chi connectivity index (χ4n) is 1.63. The third-order valence-electron chi connectivity index (χ3n) is 4.47. The molecule has 0 aliphatic heterocycles. The van der Waals surface area contributed by atoms with E-state index in [-0.39, 0.29) is 22.0 Å². The molecule has 0 fully saturated rings. The van der Waals surface area contributed by atoms with E-state index in [1.807, 2.05) is 0 Å². The zero-order valence-corrected chi connectivity index (χ0v) is 17.7. The highest BCUT2D eigenvalue weighted by Gasteiger charge is 2.40. The van der Waals surface area contributed by atoms with Crippen molar-refractivity contribution >= 4 is 36.0 Å². The van der Waals surface area contributed by atoms with Crippen molar-refractivity contribution in [2.24, 2.45) is 0 Å². The average Bonchev–Trinajstić information content (AvgIpc) is 2.42. The Balaban J connectivity index is 3.19. The second kappa shape index (κ2) is 6.82. The van der Waals surface area contributed by atoms with Crippen molar-refractivity contribution < 1.29 is 17.6 Å². The Morgan fingerprint density at radius 3 is 2.21 bits per heavy atom. The predicted molar refractivity (Wildman–Crippen MR) is 96.7 cm³/mol. The minimum atomic E-state index is -3.57. The molecule has 0 aliphatic rings. The van der Waals surface area contributed by atoms with E-state index in [0.29, 0.717) is 5.56 Å². The molecule has 0 radical (unpaired) electrons. The van der Waals surface area contributed by atoms with Gasteiger partial charge in [0.2, 0.25) is 15.0 Å². The van der Waals surface area contributed by atoms with E-state index in [4.69, 9.17) is 16.0 Å².